The Balaban J connectivity index is 1.97. The van der Waals surface area contributed by atoms with Gasteiger partial charge in [-0.2, -0.15) is 0 Å². The fourth-order valence-electron chi connectivity index (χ4n) is 2.13. The van der Waals surface area contributed by atoms with Crippen molar-refractivity contribution in [2.75, 3.05) is 5.43 Å². The molecule has 1 heterocycles. The molecule has 0 bridgehead atoms. The van der Waals surface area contributed by atoms with E-state index in [2.05, 4.69) is 22.3 Å². The van der Waals surface area contributed by atoms with E-state index in [1.165, 1.54) is 25.7 Å². The normalized spacial score (nSPS) is 25.4. The minimum atomic E-state index is 0.494. The first-order valence-corrected chi connectivity index (χ1v) is 6.62. The zero-order valence-electron chi connectivity index (χ0n) is 9.52. The van der Waals surface area contributed by atoms with Crippen LogP contribution in [-0.2, 0) is 0 Å². The van der Waals surface area contributed by atoms with E-state index in [0.717, 1.165) is 10.9 Å². The Morgan fingerprint density at radius 2 is 2.38 bits per heavy atom. The summed E-state index contributed by atoms with van der Waals surface area (Å²) in [4.78, 5) is 8.33. The maximum atomic E-state index is 5.29. The van der Waals surface area contributed by atoms with E-state index in [-0.39, 0.29) is 0 Å². The maximum Gasteiger partial charge on any atom is 0.238 e. The van der Waals surface area contributed by atoms with Crippen LogP contribution >= 0.6 is 11.8 Å². The number of nitrogens with zero attached hydrogens (tertiary/aromatic N) is 2. The molecule has 1 aromatic heterocycles. The highest BCUT2D eigenvalue weighted by Crippen LogP contribution is 2.35. The summed E-state index contributed by atoms with van der Waals surface area (Å²) in [6.45, 7) is 2.33. The van der Waals surface area contributed by atoms with Crippen molar-refractivity contribution in [2.45, 2.75) is 42.9 Å². The first-order valence-electron chi connectivity index (χ1n) is 5.74. The molecule has 3 N–H and O–H groups in total. The molecule has 2 atom stereocenters. The van der Waals surface area contributed by atoms with E-state index in [9.17, 15) is 0 Å². The van der Waals surface area contributed by atoms with Gasteiger partial charge in [0.1, 0.15) is 5.03 Å². The summed E-state index contributed by atoms with van der Waals surface area (Å²) >= 11 is 1.85. The first-order chi connectivity index (χ1) is 7.78. The van der Waals surface area contributed by atoms with Crippen LogP contribution in [0.3, 0.4) is 0 Å². The smallest absolute Gasteiger partial charge is 0.238 e. The molecule has 1 saturated carbocycles. The zero-order chi connectivity index (χ0) is 11.4. The van der Waals surface area contributed by atoms with E-state index < -0.39 is 0 Å². The number of aromatic nitrogens is 2. The van der Waals surface area contributed by atoms with Gasteiger partial charge in [0.25, 0.3) is 0 Å². The Labute approximate surface area is 100 Å². The highest BCUT2D eigenvalue weighted by Gasteiger charge is 2.20. The van der Waals surface area contributed by atoms with E-state index in [1.54, 1.807) is 6.20 Å². The fourth-order valence-corrected chi connectivity index (χ4v) is 3.46. The standard InChI is InChI=1S/C11H18N4S/c1-8-3-2-4-9(7-8)16-10-5-6-13-11(14-10)15-12/h5-6,8-9H,2-4,7,12H2,1H3,(H,13,14,15). The number of hydrogen-bond donors (Lipinski definition) is 2. The number of thioether (sulfide) groups is 1. The molecule has 1 aromatic rings. The minimum Gasteiger partial charge on any atom is -0.292 e. The van der Waals surface area contributed by atoms with Crippen molar-refractivity contribution in [3.63, 3.8) is 0 Å². The highest BCUT2D eigenvalue weighted by atomic mass is 32.2. The Kier molecular flexibility index (Phi) is 4.01. The van der Waals surface area contributed by atoms with Gasteiger partial charge in [-0.25, -0.2) is 15.8 Å². The molecule has 1 aliphatic carbocycles. The number of nitrogens with one attached hydrogen (secondary N) is 1. The van der Waals surface area contributed by atoms with Gasteiger partial charge in [0.2, 0.25) is 5.95 Å². The molecule has 0 aromatic carbocycles. The van der Waals surface area contributed by atoms with Crippen molar-refractivity contribution in [3.8, 4) is 0 Å². The number of hydrazine groups is 1. The quantitative estimate of drug-likeness (QED) is 0.481. The summed E-state index contributed by atoms with van der Waals surface area (Å²) in [6.07, 6.45) is 7.05. The average Bonchev–Trinajstić information content (AvgIpc) is 2.29. The summed E-state index contributed by atoms with van der Waals surface area (Å²) in [5.41, 5.74) is 2.48. The molecule has 4 nitrogen and oxygen atoms in total. The predicted molar refractivity (Wildman–Crippen MR) is 67.1 cm³/mol. The van der Waals surface area contributed by atoms with Crippen LogP contribution in [0.1, 0.15) is 32.6 Å². The second kappa shape index (κ2) is 5.50. The van der Waals surface area contributed by atoms with Gasteiger partial charge < -0.3 is 0 Å². The molecule has 2 unspecified atom stereocenters. The second-order valence-electron chi connectivity index (χ2n) is 4.37. The van der Waals surface area contributed by atoms with Crippen LogP contribution in [0.2, 0.25) is 0 Å². The molecule has 16 heavy (non-hydrogen) atoms. The lowest BCUT2D eigenvalue weighted by Gasteiger charge is -2.25. The lowest BCUT2D eigenvalue weighted by molar-refractivity contribution is 0.394. The summed E-state index contributed by atoms with van der Waals surface area (Å²) in [5, 5.41) is 1.71. The largest absolute Gasteiger partial charge is 0.292 e. The fraction of sp³-hybridized carbons (Fsp3) is 0.636. The maximum absolute atomic E-state index is 5.29. The lowest BCUT2D eigenvalue weighted by Crippen LogP contribution is -2.15. The van der Waals surface area contributed by atoms with Gasteiger partial charge in [-0.3, -0.25) is 5.43 Å². The molecule has 1 aliphatic rings. The number of nitrogens with two attached hydrogens (primary N) is 1. The third kappa shape index (κ3) is 3.09. The Bertz CT molecular complexity index is 345. The van der Waals surface area contributed by atoms with Gasteiger partial charge in [0, 0.05) is 11.4 Å². The third-order valence-electron chi connectivity index (χ3n) is 2.93. The summed E-state index contributed by atoms with van der Waals surface area (Å²) in [7, 11) is 0. The van der Waals surface area contributed by atoms with E-state index in [0.29, 0.717) is 11.2 Å². The second-order valence-corrected chi connectivity index (χ2v) is 5.70. The lowest BCUT2D eigenvalue weighted by atomic mass is 9.91. The number of hydrogen-bond acceptors (Lipinski definition) is 5. The predicted octanol–water partition coefficient (Wildman–Crippen LogP) is 2.43. The van der Waals surface area contributed by atoms with E-state index >= 15 is 0 Å². The molecule has 0 aliphatic heterocycles. The number of nitrogen functional groups attached to an aromatic ring is 1. The van der Waals surface area contributed by atoms with Crippen molar-refractivity contribution in [3.05, 3.63) is 12.3 Å². The summed E-state index contributed by atoms with van der Waals surface area (Å²) in [5.74, 6) is 6.63. The topological polar surface area (TPSA) is 63.8 Å². The Hall–Kier alpha value is -0.810. The van der Waals surface area contributed by atoms with Crippen LogP contribution in [0.4, 0.5) is 5.95 Å². The van der Waals surface area contributed by atoms with Gasteiger partial charge in [0.15, 0.2) is 0 Å². The average molecular weight is 238 g/mol. The molecule has 88 valence electrons. The molecule has 0 radical (unpaired) electrons. The van der Waals surface area contributed by atoms with Crippen LogP contribution in [0.15, 0.2) is 17.3 Å². The molecule has 2 rings (SSSR count). The summed E-state index contributed by atoms with van der Waals surface area (Å²) in [6, 6.07) is 1.95. The number of rotatable bonds is 3. The van der Waals surface area contributed by atoms with Crippen LogP contribution in [0.5, 0.6) is 0 Å². The highest BCUT2D eigenvalue weighted by molar-refractivity contribution is 7.99. The molecular formula is C11H18N4S. The first kappa shape index (κ1) is 11.7. The number of anilines is 1. The third-order valence-corrected chi connectivity index (χ3v) is 4.17. The zero-order valence-corrected chi connectivity index (χ0v) is 10.3. The molecular weight excluding hydrogens is 220 g/mol. The van der Waals surface area contributed by atoms with Gasteiger partial charge in [-0.1, -0.05) is 19.8 Å². The Morgan fingerprint density at radius 3 is 3.12 bits per heavy atom. The van der Waals surface area contributed by atoms with Gasteiger partial charge in [-0.05, 0) is 24.8 Å². The molecule has 1 fully saturated rings. The van der Waals surface area contributed by atoms with Gasteiger partial charge >= 0.3 is 0 Å². The molecule has 0 spiro atoms. The van der Waals surface area contributed by atoms with Crippen LogP contribution < -0.4 is 11.3 Å². The van der Waals surface area contributed by atoms with Crippen molar-refractivity contribution in [2.24, 2.45) is 11.8 Å². The van der Waals surface area contributed by atoms with Crippen LogP contribution in [0, 0.1) is 5.92 Å². The minimum absolute atomic E-state index is 0.494. The van der Waals surface area contributed by atoms with Crippen molar-refractivity contribution in [1.29, 1.82) is 0 Å². The van der Waals surface area contributed by atoms with Crippen LogP contribution in [0.25, 0.3) is 0 Å². The van der Waals surface area contributed by atoms with E-state index in [4.69, 9.17) is 5.84 Å². The van der Waals surface area contributed by atoms with Crippen molar-refractivity contribution < 1.29 is 0 Å². The van der Waals surface area contributed by atoms with Gasteiger partial charge in [0.05, 0.1) is 0 Å². The molecule has 0 amide bonds. The molecule has 0 saturated heterocycles. The van der Waals surface area contributed by atoms with Crippen molar-refractivity contribution in [1.82, 2.24) is 9.97 Å². The van der Waals surface area contributed by atoms with Crippen LogP contribution in [-0.4, -0.2) is 15.2 Å². The van der Waals surface area contributed by atoms with Crippen molar-refractivity contribution >= 4 is 17.7 Å². The Morgan fingerprint density at radius 1 is 1.50 bits per heavy atom. The van der Waals surface area contributed by atoms with Gasteiger partial charge in [-0.15, -0.1) is 11.8 Å². The monoisotopic (exact) mass is 238 g/mol. The summed E-state index contributed by atoms with van der Waals surface area (Å²) < 4.78 is 0. The van der Waals surface area contributed by atoms with E-state index in [1.807, 2.05) is 17.8 Å². The molecule has 5 heteroatoms. The SMILES string of the molecule is CC1CCCC(Sc2ccnc(NN)n2)C1.